The van der Waals surface area contributed by atoms with Crippen molar-refractivity contribution in [2.24, 2.45) is 0 Å². The van der Waals surface area contributed by atoms with Crippen molar-refractivity contribution in [1.29, 1.82) is 0 Å². The number of benzene rings is 1. The topological polar surface area (TPSA) is 84.5 Å². The van der Waals surface area contributed by atoms with Gasteiger partial charge in [0.25, 0.3) is 5.91 Å². The standard InChI is InChI=1S/C19H22N2O4S/c1-4-25-19(24)16-12(2)15(17(23)20-3)18(26-16)21-14(22)11-10-13-8-6-5-7-9-13/h5-9H,4,10-11H2,1-3H3,(H,20,23)(H,21,22). The first-order chi connectivity index (χ1) is 12.5. The first kappa shape index (κ1) is 19.7. The lowest BCUT2D eigenvalue weighted by atomic mass is 10.1. The Balaban J connectivity index is 2.18. The van der Waals surface area contributed by atoms with Gasteiger partial charge in [-0.2, -0.15) is 0 Å². The molecule has 0 atom stereocenters. The number of carbonyl (C=O) groups is 3. The van der Waals surface area contributed by atoms with Gasteiger partial charge in [0, 0.05) is 13.5 Å². The number of thiophene rings is 1. The van der Waals surface area contributed by atoms with Crippen LogP contribution in [0.5, 0.6) is 0 Å². The number of rotatable bonds is 7. The normalized spacial score (nSPS) is 10.3. The highest BCUT2D eigenvalue weighted by atomic mass is 32.1. The summed E-state index contributed by atoms with van der Waals surface area (Å²) in [5.41, 5.74) is 1.86. The molecule has 2 N–H and O–H groups in total. The van der Waals surface area contributed by atoms with Crippen LogP contribution in [-0.2, 0) is 16.0 Å². The van der Waals surface area contributed by atoms with E-state index >= 15 is 0 Å². The Hall–Kier alpha value is -2.67. The van der Waals surface area contributed by atoms with Crippen molar-refractivity contribution in [3.63, 3.8) is 0 Å². The minimum atomic E-state index is -0.495. The second-order valence-corrected chi connectivity index (χ2v) is 6.61. The van der Waals surface area contributed by atoms with E-state index < -0.39 is 5.97 Å². The van der Waals surface area contributed by atoms with Crippen LogP contribution in [0.15, 0.2) is 30.3 Å². The second kappa shape index (κ2) is 9.15. The first-order valence-corrected chi connectivity index (χ1v) is 9.15. The van der Waals surface area contributed by atoms with Gasteiger partial charge in [-0.3, -0.25) is 9.59 Å². The molecule has 0 saturated heterocycles. The summed E-state index contributed by atoms with van der Waals surface area (Å²) in [6.45, 7) is 3.63. The quantitative estimate of drug-likeness (QED) is 0.729. The molecule has 7 heteroatoms. The molecule has 26 heavy (non-hydrogen) atoms. The largest absolute Gasteiger partial charge is 0.462 e. The molecule has 0 radical (unpaired) electrons. The van der Waals surface area contributed by atoms with E-state index in [0.717, 1.165) is 16.9 Å². The van der Waals surface area contributed by atoms with Crippen LogP contribution in [-0.4, -0.2) is 31.4 Å². The molecule has 2 amide bonds. The van der Waals surface area contributed by atoms with Gasteiger partial charge in [-0.25, -0.2) is 4.79 Å². The summed E-state index contributed by atoms with van der Waals surface area (Å²) < 4.78 is 5.03. The van der Waals surface area contributed by atoms with E-state index in [1.807, 2.05) is 30.3 Å². The lowest BCUT2D eigenvalue weighted by Crippen LogP contribution is -2.21. The summed E-state index contributed by atoms with van der Waals surface area (Å²) in [6.07, 6.45) is 0.875. The number of esters is 1. The van der Waals surface area contributed by atoms with Crippen LogP contribution in [0.25, 0.3) is 0 Å². The number of ether oxygens (including phenoxy) is 1. The molecule has 6 nitrogen and oxygen atoms in total. The summed E-state index contributed by atoms with van der Waals surface area (Å²) in [7, 11) is 1.50. The Bertz CT molecular complexity index is 799. The predicted molar refractivity (Wildman–Crippen MR) is 102 cm³/mol. The van der Waals surface area contributed by atoms with Gasteiger partial charge in [-0.1, -0.05) is 30.3 Å². The second-order valence-electron chi connectivity index (χ2n) is 5.59. The summed E-state index contributed by atoms with van der Waals surface area (Å²) >= 11 is 1.06. The maximum absolute atomic E-state index is 12.3. The van der Waals surface area contributed by atoms with Crippen molar-refractivity contribution in [2.45, 2.75) is 26.7 Å². The third-order valence-electron chi connectivity index (χ3n) is 3.80. The molecular weight excluding hydrogens is 352 g/mol. The highest BCUT2D eigenvalue weighted by Gasteiger charge is 2.25. The molecule has 1 heterocycles. The highest BCUT2D eigenvalue weighted by molar-refractivity contribution is 7.18. The van der Waals surface area contributed by atoms with E-state index in [0.29, 0.717) is 27.4 Å². The molecule has 1 aromatic carbocycles. The molecule has 138 valence electrons. The number of hydrogen-bond acceptors (Lipinski definition) is 5. The van der Waals surface area contributed by atoms with Crippen LogP contribution in [0.4, 0.5) is 5.00 Å². The van der Waals surface area contributed by atoms with E-state index in [1.165, 1.54) is 7.05 Å². The van der Waals surface area contributed by atoms with Crippen molar-refractivity contribution in [3.05, 3.63) is 51.9 Å². The Morgan fingerprint density at radius 2 is 1.85 bits per heavy atom. The van der Waals surface area contributed by atoms with Crippen molar-refractivity contribution >= 4 is 34.1 Å². The van der Waals surface area contributed by atoms with E-state index in [1.54, 1.807) is 13.8 Å². The average molecular weight is 374 g/mol. The molecular formula is C19H22N2O4S. The first-order valence-electron chi connectivity index (χ1n) is 8.34. The maximum Gasteiger partial charge on any atom is 0.348 e. The van der Waals surface area contributed by atoms with Gasteiger partial charge in [0.05, 0.1) is 12.2 Å². The van der Waals surface area contributed by atoms with Gasteiger partial charge in [0.2, 0.25) is 5.91 Å². The van der Waals surface area contributed by atoms with Crippen LogP contribution < -0.4 is 10.6 Å². The molecule has 0 aliphatic heterocycles. The minimum Gasteiger partial charge on any atom is -0.462 e. The predicted octanol–water partition coefficient (Wildman–Crippen LogP) is 3.16. The van der Waals surface area contributed by atoms with Crippen molar-refractivity contribution in [2.75, 3.05) is 19.0 Å². The average Bonchev–Trinajstić information content (AvgIpc) is 2.96. The van der Waals surface area contributed by atoms with Gasteiger partial charge < -0.3 is 15.4 Å². The molecule has 0 bridgehead atoms. The van der Waals surface area contributed by atoms with Crippen LogP contribution in [0.2, 0.25) is 0 Å². The molecule has 2 rings (SSSR count). The third kappa shape index (κ3) is 4.70. The SMILES string of the molecule is CCOC(=O)c1sc(NC(=O)CCc2ccccc2)c(C(=O)NC)c1C. The molecule has 0 aliphatic rings. The highest BCUT2D eigenvalue weighted by Crippen LogP contribution is 2.33. The Morgan fingerprint density at radius 1 is 1.15 bits per heavy atom. The van der Waals surface area contributed by atoms with E-state index in [2.05, 4.69) is 10.6 Å². The monoisotopic (exact) mass is 374 g/mol. The van der Waals surface area contributed by atoms with E-state index in [-0.39, 0.29) is 24.8 Å². The fourth-order valence-electron chi connectivity index (χ4n) is 2.48. The molecule has 0 unspecified atom stereocenters. The van der Waals surface area contributed by atoms with Crippen LogP contribution >= 0.6 is 11.3 Å². The zero-order chi connectivity index (χ0) is 19.1. The van der Waals surface area contributed by atoms with Gasteiger partial charge in [0.15, 0.2) is 0 Å². The smallest absolute Gasteiger partial charge is 0.348 e. The van der Waals surface area contributed by atoms with Gasteiger partial charge in [-0.15, -0.1) is 11.3 Å². The number of nitrogens with one attached hydrogen (secondary N) is 2. The third-order valence-corrected chi connectivity index (χ3v) is 4.99. The lowest BCUT2D eigenvalue weighted by Gasteiger charge is -2.06. The Kier molecular flexibility index (Phi) is 6.91. The molecule has 0 saturated carbocycles. The minimum absolute atomic E-state index is 0.212. The number of anilines is 1. The van der Waals surface area contributed by atoms with Crippen molar-refractivity contribution in [3.8, 4) is 0 Å². The fraction of sp³-hybridized carbons (Fsp3) is 0.316. The number of hydrogen-bond donors (Lipinski definition) is 2. The van der Waals surface area contributed by atoms with E-state index in [9.17, 15) is 14.4 Å². The zero-order valence-electron chi connectivity index (χ0n) is 15.0. The van der Waals surface area contributed by atoms with Crippen LogP contribution in [0.1, 0.15) is 44.5 Å². The zero-order valence-corrected chi connectivity index (χ0v) is 15.9. The van der Waals surface area contributed by atoms with Crippen molar-refractivity contribution in [1.82, 2.24) is 5.32 Å². The lowest BCUT2D eigenvalue weighted by molar-refractivity contribution is -0.116. The van der Waals surface area contributed by atoms with Crippen molar-refractivity contribution < 1.29 is 19.1 Å². The molecule has 1 aromatic heterocycles. The molecule has 0 aliphatic carbocycles. The summed E-state index contributed by atoms with van der Waals surface area (Å²) in [6, 6.07) is 9.68. The molecule has 0 spiro atoms. The summed E-state index contributed by atoms with van der Waals surface area (Å²) in [4.78, 5) is 36.9. The summed E-state index contributed by atoms with van der Waals surface area (Å²) in [5.74, 6) is -1.06. The maximum atomic E-state index is 12.3. The van der Waals surface area contributed by atoms with Gasteiger partial charge >= 0.3 is 5.97 Å². The molecule has 0 fully saturated rings. The van der Waals surface area contributed by atoms with Crippen LogP contribution in [0.3, 0.4) is 0 Å². The summed E-state index contributed by atoms with van der Waals surface area (Å²) in [5, 5.41) is 5.67. The van der Waals surface area contributed by atoms with Gasteiger partial charge in [-0.05, 0) is 31.4 Å². The number of carbonyl (C=O) groups excluding carboxylic acids is 3. The number of amides is 2. The van der Waals surface area contributed by atoms with E-state index in [4.69, 9.17) is 4.74 Å². The number of aryl methyl sites for hydroxylation is 1. The Labute approximate surface area is 156 Å². The fourth-order valence-corrected chi connectivity index (χ4v) is 3.60. The molecule has 2 aromatic rings. The van der Waals surface area contributed by atoms with Gasteiger partial charge in [0.1, 0.15) is 9.88 Å². The Morgan fingerprint density at radius 3 is 2.46 bits per heavy atom. The van der Waals surface area contributed by atoms with Crippen LogP contribution in [0, 0.1) is 6.92 Å².